The van der Waals surface area contributed by atoms with Crippen LogP contribution in [0, 0.1) is 6.92 Å². The van der Waals surface area contributed by atoms with Crippen molar-refractivity contribution in [3.63, 3.8) is 0 Å². The molecule has 0 atom stereocenters. The van der Waals surface area contributed by atoms with Gasteiger partial charge in [-0.3, -0.25) is 4.79 Å². The van der Waals surface area contributed by atoms with E-state index in [0.29, 0.717) is 24.6 Å². The molecule has 0 saturated carbocycles. The molecule has 0 unspecified atom stereocenters. The van der Waals surface area contributed by atoms with Crippen LogP contribution in [0.4, 0.5) is 11.5 Å². The van der Waals surface area contributed by atoms with Crippen LogP contribution in [0.1, 0.15) is 16.1 Å². The summed E-state index contributed by atoms with van der Waals surface area (Å²) in [4.78, 5) is 19.0. The molecule has 1 aliphatic rings. The zero-order valence-electron chi connectivity index (χ0n) is 15.0. The minimum atomic E-state index is -0.359. The van der Waals surface area contributed by atoms with Gasteiger partial charge in [-0.1, -0.05) is 35.0 Å². The van der Waals surface area contributed by atoms with E-state index in [1.807, 2.05) is 43.3 Å². The Hall–Kier alpha value is -3.19. The highest BCUT2D eigenvalue weighted by atomic mass is 16.5. The number of carbonyl (C=O) groups excluding carboxylic acids is 1. The van der Waals surface area contributed by atoms with Crippen LogP contribution in [0.5, 0.6) is 0 Å². The van der Waals surface area contributed by atoms with Crippen molar-refractivity contribution in [1.29, 1.82) is 0 Å². The van der Waals surface area contributed by atoms with Gasteiger partial charge in [0.2, 0.25) is 5.76 Å². The topological polar surface area (TPSA) is 80.5 Å². The molecule has 27 heavy (non-hydrogen) atoms. The molecular formula is C20H20N4O3. The number of hydrogen-bond donors (Lipinski definition) is 1. The first kappa shape index (κ1) is 17.2. The number of benzene rings is 1. The lowest BCUT2D eigenvalue weighted by Crippen LogP contribution is -2.36. The molecular weight excluding hydrogens is 344 g/mol. The van der Waals surface area contributed by atoms with Gasteiger partial charge in [0.05, 0.1) is 25.1 Å². The molecule has 7 heteroatoms. The van der Waals surface area contributed by atoms with Crippen molar-refractivity contribution in [2.75, 3.05) is 36.5 Å². The van der Waals surface area contributed by atoms with E-state index in [9.17, 15) is 4.79 Å². The van der Waals surface area contributed by atoms with Crippen LogP contribution >= 0.6 is 0 Å². The van der Waals surface area contributed by atoms with Crippen LogP contribution in [0.2, 0.25) is 0 Å². The van der Waals surface area contributed by atoms with Crippen LogP contribution in [0.3, 0.4) is 0 Å². The zero-order chi connectivity index (χ0) is 18.6. The maximum Gasteiger partial charge on any atom is 0.294 e. The van der Waals surface area contributed by atoms with Gasteiger partial charge in [-0.25, -0.2) is 4.98 Å². The molecule has 3 aromatic rings. The Morgan fingerprint density at radius 3 is 2.59 bits per heavy atom. The number of aryl methyl sites for hydroxylation is 1. The SMILES string of the molecule is Cc1ccc(-c2cc(C(=O)Nc3ccc(N4CCOCC4)nc3)on2)cc1. The Kier molecular flexibility index (Phi) is 4.84. The van der Waals surface area contributed by atoms with Crippen molar-refractivity contribution in [3.8, 4) is 11.3 Å². The van der Waals surface area contributed by atoms with Crippen molar-refractivity contribution in [2.45, 2.75) is 6.92 Å². The molecule has 2 aromatic heterocycles. The summed E-state index contributed by atoms with van der Waals surface area (Å²) in [5.74, 6) is 0.669. The normalized spacial score (nSPS) is 14.2. The standard InChI is InChI=1S/C20H20N4O3/c1-14-2-4-15(5-3-14)17-12-18(27-23-17)20(25)22-16-6-7-19(21-13-16)24-8-10-26-11-9-24/h2-7,12-13H,8-11H2,1H3,(H,22,25). The van der Waals surface area contributed by atoms with Gasteiger partial charge in [-0.15, -0.1) is 0 Å². The molecule has 1 N–H and O–H groups in total. The van der Waals surface area contributed by atoms with Gasteiger partial charge in [0, 0.05) is 24.7 Å². The summed E-state index contributed by atoms with van der Waals surface area (Å²) in [5.41, 5.74) is 3.29. The monoisotopic (exact) mass is 364 g/mol. The molecule has 1 aliphatic heterocycles. The van der Waals surface area contributed by atoms with Gasteiger partial charge in [0.25, 0.3) is 5.91 Å². The number of nitrogens with one attached hydrogen (secondary N) is 1. The van der Waals surface area contributed by atoms with Crippen molar-refractivity contribution in [1.82, 2.24) is 10.1 Å². The summed E-state index contributed by atoms with van der Waals surface area (Å²) in [5, 5.41) is 6.77. The highest BCUT2D eigenvalue weighted by molar-refractivity contribution is 6.02. The Labute approximate surface area is 156 Å². The van der Waals surface area contributed by atoms with E-state index in [0.717, 1.165) is 30.0 Å². The molecule has 4 rings (SSSR count). The van der Waals surface area contributed by atoms with Gasteiger partial charge in [-0.05, 0) is 19.1 Å². The molecule has 0 spiro atoms. The van der Waals surface area contributed by atoms with Gasteiger partial charge in [0.15, 0.2) is 0 Å². The Bertz CT molecular complexity index is 913. The van der Waals surface area contributed by atoms with Gasteiger partial charge >= 0.3 is 0 Å². The molecule has 0 aliphatic carbocycles. The average Bonchev–Trinajstić information content (AvgIpc) is 3.20. The maximum absolute atomic E-state index is 12.4. The first-order chi connectivity index (χ1) is 13.2. The Balaban J connectivity index is 1.42. The highest BCUT2D eigenvalue weighted by Gasteiger charge is 2.16. The third-order valence-electron chi connectivity index (χ3n) is 4.42. The number of amides is 1. The molecule has 7 nitrogen and oxygen atoms in total. The van der Waals surface area contributed by atoms with Crippen LogP contribution in [-0.2, 0) is 4.74 Å². The first-order valence-corrected chi connectivity index (χ1v) is 8.83. The summed E-state index contributed by atoms with van der Waals surface area (Å²) in [6.45, 7) is 5.06. The number of pyridine rings is 1. The fraction of sp³-hybridized carbons (Fsp3) is 0.250. The predicted molar refractivity (Wildman–Crippen MR) is 102 cm³/mol. The lowest BCUT2D eigenvalue weighted by Gasteiger charge is -2.27. The fourth-order valence-corrected chi connectivity index (χ4v) is 2.87. The van der Waals surface area contributed by atoms with E-state index in [4.69, 9.17) is 9.26 Å². The Morgan fingerprint density at radius 1 is 1.11 bits per heavy atom. The van der Waals surface area contributed by atoms with Crippen molar-refractivity contribution < 1.29 is 14.1 Å². The molecule has 0 bridgehead atoms. The van der Waals surface area contributed by atoms with Crippen LogP contribution in [-0.4, -0.2) is 42.4 Å². The van der Waals surface area contributed by atoms with Crippen molar-refractivity contribution in [3.05, 3.63) is 60.0 Å². The number of ether oxygens (including phenoxy) is 1. The second kappa shape index (κ2) is 7.59. The van der Waals surface area contributed by atoms with Crippen LogP contribution in [0.25, 0.3) is 11.3 Å². The number of rotatable bonds is 4. The fourth-order valence-electron chi connectivity index (χ4n) is 2.87. The van der Waals surface area contributed by atoms with E-state index < -0.39 is 0 Å². The minimum absolute atomic E-state index is 0.155. The maximum atomic E-state index is 12.4. The summed E-state index contributed by atoms with van der Waals surface area (Å²) >= 11 is 0. The van der Waals surface area contributed by atoms with Crippen molar-refractivity contribution in [2.24, 2.45) is 0 Å². The van der Waals surface area contributed by atoms with Gasteiger partial charge in [0.1, 0.15) is 11.5 Å². The molecule has 1 saturated heterocycles. The van der Waals surface area contributed by atoms with E-state index in [-0.39, 0.29) is 11.7 Å². The second-order valence-corrected chi connectivity index (χ2v) is 6.40. The second-order valence-electron chi connectivity index (χ2n) is 6.40. The smallest absolute Gasteiger partial charge is 0.294 e. The molecule has 1 aromatic carbocycles. The summed E-state index contributed by atoms with van der Waals surface area (Å²) < 4.78 is 10.5. The first-order valence-electron chi connectivity index (χ1n) is 8.83. The Morgan fingerprint density at radius 2 is 1.89 bits per heavy atom. The van der Waals surface area contributed by atoms with E-state index >= 15 is 0 Å². The molecule has 138 valence electrons. The van der Waals surface area contributed by atoms with Gasteiger partial charge < -0.3 is 19.5 Å². The molecule has 1 amide bonds. The quantitative estimate of drug-likeness (QED) is 0.766. The lowest BCUT2D eigenvalue weighted by atomic mass is 10.1. The van der Waals surface area contributed by atoms with Crippen LogP contribution in [0.15, 0.2) is 53.2 Å². The number of hydrogen-bond acceptors (Lipinski definition) is 6. The average molecular weight is 364 g/mol. The molecule has 1 fully saturated rings. The number of carbonyl (C=O) groups is 1. The third-order valence-corrected chi connectivity index (χ3v) is 4.42. The summed E-state index contributed by atoms with van der Waals surface area (Å²) in [6.07, 6.45) is 1.64. The van der Waals surface area contributed by atoms with Crippen molar-refractivity contribution >= 4 is 17.4 Å². The number of anilines is 2. The van der Waals surface area contributed by atoms with Gasteiger partial charge in [-0.2, -0.15) is 0 Å². The summed E-state index contributed by atoms with van der Waals surface area (Å²) in [7, 11) is 0. The molecule has 3 heterocycles. The highest BCUT2D eigenvalue weighted by Crippen LogP contribution is 2.21. The summed E-state index contributed by atoms with van der Waals surface area (Å²) in [6, 6.07) is 13.2. The minimum Gasteiger partial charge on any atom is -0.378 e. The zero-order valence-corrected chi connectivity index (χ0v) is 15.0. The number of nitrogens with zero attached hydrogens (tertiary/aromatic N) is 3. The largest absolute Gasteiger partial charge is 0.378 e. The number of morpholine rings is 1. The van der Waals surface area contributed by atoms with E-state index in [1.54, 1.807) is 12.3 Å². The van der Waals surface area contributed by atoms with Crippen LogP contribution < -0.4 is 10.2 Å². The third kappa shape index (κ3) is 3.98. The molecule has 0 radical (unpaired) electrons. The number of aromatic nitrogens is 2. The van der Waals surface area contributed by atoms with E-state index in [2.05, 4.69) is 20.4 Å². The lowest BCUT2D eigenvalue weighted by molar-refractivity contribution is 0.0988. The van der Waals surface area contributed by atoms with E-state index in [1.165, 1.54) is 0 Å². The predicted octanol–water partition coefficient (Wildman–Crippen LogP) is 3.13.